The average Bonchev–Trinajstić information content (AvgIpc) is 2.62. The zero-order chi connectivity index (χ0) is 11.0. The topological polar surface area (TPSA) is 51.8 Å². The molecule has 2 rings (SSSR count). The van der Waals surface area contributed by atoms with Crippen LogP contribution >= 0.6 is 27.3 Å². The van der Waals surface area contributed by atoms with Crippen molar-refractivity contribution in [3.8, 4) is 11.3 Å². The lowest BCUT2D eigenvalue weighted by atomic mass is 10.1. The van der Waals surface area contributed by atoms with E-state index in [2.05, 4.69) is 31.5 Å². The molecule has 0 amide bonds. The first-order valence-corrected chi connectivity index (χ1v) is 6.16. The number of nitrogens with zero attached hydrogens (tertiary/aromatic N) is 2. The number of nitrogens with two attached hydrogens (primary N) is 1. The van der Waals surface area contributed by atoms with Crippen LogP contribution < -0.4 is 5.73 Å². The van der Waals surface area contributed by atoms with E-state index in [-0.39, 0.29) is 0 Å². The van der Waals surface area contributed by atoms with Gasteiger partial charge in [0, 0.05) is 20.8 Å². The van der Waals surface area contributed by atoms with Crippen molar-refractivity contribution in [2.75, 3.05) is 5.73 Å². The molecule has 0 fully saturated rings. The van der Waals surface area contributed by atoms with E-state index in [1.54, 1.807) is 11.3 Å². The van der Waals surface area contributed by atoms with E-state index in [0.29, 0.717) is 5.82 Å². The second kappa shape index (κ2) is 3.90. The first-order chi connectivity index (χ1) is 7.11. The van der Waals surface area contributed by atoms with Gasteiger partial charge in [-0.1, -0.05) is 0 Å². The molecule has 0 aliphatic carbocycles. The second-order valence-electron chi connectivity index (χ2n) is 3.32. The molecule has 0 unspecified atom stereocenters. The number of nitrogen functional groups attached to an aromatic ring is 1. The smallest absolute Gasteiger partial charge is 0.149 e. The van der Waals surface area contributed by atoms with E-state index in [1.807, 2.05) is 19.2 Å². The van der Waals surface area contributed by atoms with Crippen molar-refractivity contribution in [1.29, 1.82) is 0 Å². The Kier molecular flexibility index (Phi) is 2.75. The lowest BCUT2D eigenvalue weighted by molar-refractivity contribution is 1.02. The van der Waals surface area contributed by atoms with Crippen molar-refractivity contribution in [1.82, 2.24) is 10.2 Å². The first kappa shape index (κ1) is 10.6. The maximum atomic E-state index is 5.70. The molecular weight excluding hydrogens is 274 g/mol. The van der Waals surface area contributed by atoms with E-state index in [9.17, 15) is 0 Å². The van der Waals surface area contributed by atoms with Crippen LogP contribution in [0, 0.1) is 13.8 Å². The van der Waals surface area contributed by atoms with Gasteiger partial charge in [0.1, 0.15) is 5.82 Å². The van der Waals surface area contributed by atoms with Crippen molar-refractivity contribution in [3.63, 3.8) is 0 Å². The minimum absolute atomic E-state index is 0.502. The number of hydrogen-bond donors (Lipinski definition) is 1. The Balaban J connectivity index is 2.65. The van der Waals surface area contributed by atoms with Gasteiger partial charge in [-0.2, -0.15) is 11.3 Å². The van der Waals surface area contributed by atoms with Gasteiger partial charge >= 0.3 is 0 Å². The minimum atomic E-state index is 0.502. The van der Waals surface area contributed by atoms with Gasteiger partial charge < -0.3 is 5.73 Å². The van der Waals surface area contributed by atoms with Crippen molar-refractivity contribution >= 4 is 33.1 Å². The molecule has 0 saturated heterocycles. The fourth-order valence-electron chi connectivity index (χ4n) is 1.33. The molecule has 78 valence electrons. The molecule has 15 heavy (non-hydrogen) atoms. The van der Waals surface area contributed by atoms with Gasteiger partial charge in [0.05, 0.1) is 5.69 Å². The summed E-state index contributed by atoms with van der Waals surface area (Å²) >= 11 is 5.13. The Morgan fingerprint density at radius 2 is 1.93 bits per heavy atom. The van der Waals surface area contributed by atoms with Crippen LogP contribution in [0.3, 0.4) is 0 Å². The van der Waals surface area contributed by atoms with Crippen molar-refractivity contribution in [2.24, 2.45) is 0 Å². The zero-order valence-electron chi connectivity index (χ0n) is 8.41. The van der Waals surface area contributed by atoms with Gasteiger partial charge in [0.2, 0.25) is 0 Å². The predicted molar refractivity (Wildman–Crippen MR) is 66.9 cm³/mol. The summed E-state index contributed by atoms with van der Waals surface area (Å²) in [5.41, 5.74) is 9.76. The van der Waals surface area contributed by atoms with Crippen LogP contribution in [-0.2, 0) is 0 Å². The summed E-state index contributed by atoms with van der Waals surface area (Å²) < 4.78 is 1.05. The summed E-state index contributed by atoms with van der Waals surface area (Å²) in [6.45, 7) is 3.98. The molecule has 0 aromatic carbocycles. The maximum absolute atomic E-state index is 5.70. The predicted octanol–water partition coefficient (Wildman–Crippen LogP) is 3.17. The van der Waals surface area contributed by atoms with E-state index in [4.69, 9.17) is 5.73 Å². The Labute approximate surface area is 100 Å². The molecule has 0 aliphatic rings. The van der Waals surface area contributed by atoms with Gasteiger partial charge in [0.15, 0.2) is 0 Å². The van der Waals surface area contributed by atoms with Crippen molar-refractivity contribution in [2.45, 2.75) is 13.8 Å². The molecule has 2 aromatic rings. The number of anilines is 1. The number of aromatic nitrogens is 2. The largest absolute Gasteiger partial charge is 0.382 e. The third-order valence-corrected chi connectivity index (χ3v) is 4.13. The standard InChI is InChI=1S/C10H10BrN3S/c1-5-6(2)10(12)14-13-9(5)7-3-15-4-8(7)11/h3-4H,1-2H3,(H2,12,14). The van der Waals surface area contributed by atoms with Crippen LogP contribution in [0.1, 0.15) is 11.1 Å². The highest BCUT2D eigenvalue weighted by molar-refractivity contribution is 9.10. The molecule has 0 radical (unpaired) electrons. The number of hydrogen-bond acceptors (Lipinski definition) is 4. The maximum Gasteiger partial charge on any atom is 0.149 e. The van der Waals surface area contributed by atoms with E-state index >= 15 is 0 Å². The molecule has 2 heterocycles. The Bertz CT molecular complexity index is 507. The van der Waals surface area contributed by atoms with Gasteiger partial charge in [-0.3, -0.25) is 0 Å². The highest BCUT2D eigenvalue weighted by Gasteiger charge is 2.12. The van der Waals surface area contributed by atoms with Crippen LogP contribution in [-0.4, -0.2) is 10.2 Å². The lowest BCUT2D eigenvalue weighted by Crippen LogP contribution is -2.01. The number of halogens is 1. The van der Waals surface area contributed by atoms with Crippen LogP contribution in [0.5, 0.6) is 0 Å². The van der Waals surface area contributed by atoms with Gasteiger partial charge in [-0.25, -0.2) is 0 Å². The lowest BCUT2D eigenvalue weighted by Gasteiger charge is -2.07. The first-order valence-electron chi connectivity index (χ1n) is 4.42. The monoisotopic (exact) mass is 283 g/mol. The van der Waals surface area contributed by atoms with Crippen molar-refractivity contribution < 1.29 is 0 Å². The fourth-order valence-corrected chi connectivity index (χ4v) is 2.80. The average molecular weight is 284 g/mol. The van der Waals surface area contributed by atoms with E-state index in [0.717, 1.165) is 26.9 Å². The van der Waals surface area contributed by atoms with Crippen LogP contribution in [0.2, 0.25) is 0 Å². The number of rotatable bonds is 1. The van der Waals surface area contributed by atoms with E-state index < -0.39 is 0 Å². The van der Waals surface area contributed by atoms with Gasteiger partial charge in [-0.05, 0) is 40.9 Å². The summed E-state index contributed by atoms with van der Waals surface area (Å²) in [6, 6.07) is 0. The van der Waals surface area contributed by atoms with E-state index in [1.165, 1.54) is 0 Å². The van der Waals surface area contributed by atoms with Crippen molar-refractivity contribution in [3.05, 3.63) is 26.4 Å². The van der Waals surface area contributed by atoms with Crippen LogP contribution in [0.4, 0.5) is 5.82 Å². The molecule has 0 bridgehead atoms. The molecule has 0 atom stereocenters. The molecule has 2 N–H and O–H groups in total. The summed E-state index contributed by atoms with van der Waals surface area (Å²) in [5.74, 6) is 0.502. The third-order valence-electron chi connectivity index (χ3n) is 2.43. The molecule has 3 nitrogen and oxygen atoms in total. The highest BCUT2D eigenvalue weighted by Crippen LogP contribution is 2.33. The highest BCUT2D eigenvalue weighted by atomic mass is 79.9. The van der Waals surface area contributed by atoms with Gasteiger partial charge in [0.25, 0.3) is 0 Å². The van der Waals surface area contributed by atoms with Crippen LogP contribution in [0.15, 0.2) is 15.2 Å². The molecule has 0 aliphatic heterocycles. The summed E-state index contributed by atoms with van der Waals surface area (Å²) in [6.07, 6.45) is 0. The summed E-state index contributed by atoms with van der Waals surface area (Å²) in [4.78, 5) is 0. The Morgan fingerprint density at radius 3 is 2.53 bits per heavy atom. The SMILES string of the molecule is Cc1c(N)nnc(-c2cscc2Br)c1C. The fraction of sp³-hybridized carbons (Fsp3) is 0.200. The van der Waals surface area contributed by atoms with Crippen LogP contribution in [0.25, 0.3) is 11.3 Å². The molecular formula is C10H10BrN3S. The number of thiophene rings is 1. The zero-order valence-corrected chi connectivity index (χ0v) is 10.8. The molecule has 0 saturated carbocycles. The summed E-state index contributed by atoms with van der Waals surface area (Å²) in [5, 5.41) is 12.2. The quantitative estimate of drug-likeness (QED) is 0.875. The van der Waals surface area contributed by atoms with Gasteiger partial charge in [-0.15, -0.1) is 10.2 Å². The minimum Gasteiger partial charge on any atom is -0.382 e. The molecule has 5 heteroatoms. The third kappa shape index (κ3) is 1.77. The normalized spacial score (nSPS) is 10.6. The second-order valence-corrected chi connectivity index (χ2v) is 4.92. The molecule has 0 spiro atoms. The summed E-state index contributed by atoms with van der Waals surface area (Å²) in [7, 11) is 0. The Hall–Kier alpha value is -0.940. The Morgan fingerprint density at radius 1 is 1.20 bits per heavy atom. The molecule has 2 aromatic heterocycles.